The Morgan fingerprint density at radius 1 is 0.545 bits per heavy atom. The van der Waals surface area contributed by atoms with Gasteiger partial charge in [0.05, 0.1) is 27.7 Å². The molecule has 1 unspecified atom stereocenters. The van der Waals surface area contributed by atoms with Gasteiger partial charge in [0.15, 0.2) is 6.10 Å². The Balaban J connectivity index is 4.30. The Morgan fingerprint density at radius 2 is 0.927 bits per heavy atom. The van der Waals surface area contributed by atoms with E-state index in [1.165, 1.54) is 148 Å². The monoisotopic (exact) mass is 802 g/mol. The fourth-order valence-corrected chi connectivity index (χ4v) is 7.14. The number of hydrogen-bond acceptors (Lipinski definition) is 8. The van der Waals surface area contributed by atoms with E-state index in [1.807, 2.05) is 21.1 Å². The lowest BCUT2D eigenvalue weighted by molar-refractivity contribution is -0.870. The maximum Gasteiger partial charge on any atom is 0.306 e. The molecule has 0 spiro atoms. The molecule has 0 rings (SSSR count). The van der Waals surface area contributed by atoms with Crippen molar-refractivity contribution in [2.75, 3.05) is 47.5 Å². The smallest absolute Gasteiger partial charge is 0.306 e. The summed E-state index contributed by atoms with van der Waals surface area (Å²) in [6, 6.07) is 0. The number of allylic oxidation sites excluding steroid dienone is 2. The van der Waals surface area contributed by atoms with E-state index in [0.29, 0.717) is 17.4 Å². The van der Waals surface area contributed by atoms with Gasteiger partial charge < -0.3 is 27.9 Å². The summed E-state index contributed by atoms with van der Waals surface area (Å²) in [4.78, 5) is 37.5. The fraction of sp³-hybridized carbons (Fsp3) is 0.911. The van der Waals surface area contributed by atoms with Crippen molar-refractivity contribution in [3.05, 3.63) is 12.2 Å². The molecule has 0 aliphatic heterocycles. The number of carbonyl (C=O) groups excluding carboxylic acids is 2. The predicted octanol–water partition coefficient (Wildman–Crippen LogP) is 12.3. The third-order valence-electron chi connectivity index (χ3n) is 10.0. The molecule has 0 radical (unpaired) electrons. The van der Waals surface area contributed by atoms with E-state index in [2.05, 4.69) is 26.0 Å². The summed E-state index contributed by atoms with van der Waals surface area (Å²) in [5.74, 6) is -0.826. The Kier molecular flexibility index (Phi) is 37.4. The lowest BCUT2D eigenvalue weighted by atomic mass is 10.0. The highest BCUT2D eigenvalue weighted by Gasteiger charge is 2.21. The summed E-state index contributed by atoms with van der Waals surface area (Å²) in [7, 11) is 1.18. The van der Waals surface area contributed by atoms with Gasteiger partial charge in [-0.15, -0.1) is 0 Å². The van der Waals surface area contributed by atoms with Crippen molar-refractivity contribution < 1.29 is 42.1 Å². The highest BCUT2D eigenvalue weighted by atomic mass is 31.2. The number of esters is 2. The molecule has 0 aromatic heterocycles. The molecule has 0 saturated heterocycles. The minimum atomic E-state index is -4.62. The summed E-state index contributed by atoms with van der Waals surface area (Å²) in [5.41, 5.74) is 0. The van der Waals surface area contributed by atoms with Crippen molar-refractivity contribution in [2.24, 2.45) is 0 Å². The Hall–Kier alpha value is -1.25. The van der Waals surface area contributed by atoms with Crippen LogP contribution in [0.3, 0.4) is 0 Å². The van der Waals surface area contributed by atoms with Crippen molar-refractivity contribution in [3.63, 3.8) is 0 Å². The van der Waals surface area contributed by atoms with Crippen LogP contribution >= 0.6 is 7.82 Å². The van der Waals surface area contributed by atoms with Gasteiger partial charge in [-0.05, 0) is 38.5 Å². The second kappa shape index (κ2) is 38.3. The lowest BCUT2D eigenvalue weighted by Gasteiger charge is -2.28. The molecule has 10 heteroatoms. The number of phosphoric acid groups is 1. The van der Waals surface area contributed by atoms with Crippen molar-refractivity contribution >= 4 is 19.8 Å². The molecule has 0 saturated carbocycles. The minimum absolute atomic E-state index is 0.0278. The number of nitrogens with zero attached hydrogens (tertiary/aromatic N) is 1. The van der Waals surface area contributed by atoms with Gasteiger partial charge in [0.25, 0.3) is 7.82 Å². The maximum atomic E-state index is 12.7. The lowest BCUT2D eigenvalue weighted by Crippen LogP contribution is -2.37. The molecular weight excluding hydrogens is 713 g/mol. The summed E-state index contributed by atoms with van der Waals surface area (Å²) < 4.78 is 33.9. The third-order valence-corrected chi connectivity index (χ3v) is 11.0. The first-order valence-corrected chi connectivity index (χ1v) is 24.4. The molecule has 0 aliphatic carbocycles. The van der Waals surface area contributed by atoms with Crippen LogP contribution in [-0.4, -0.2) is 70.0 Å². The molecule has 0 bridgehead atoms. The van der Waals surface area contributed by atoms with Crippen LogP contribution in [0, 0.1) is 0 Å². The van der Waals surface area contributed by atoms with Crippen molar-refractivity contribution in [1.29, 1.82) is 0 Å². The summed E-state index contributed by atoms with van der Waals surface area (Å²) in [6.45, 7) is 4.24. The molecule has 0 heterocycles. The van der Waals surface area contributed by atoms with Crippen LogP contribution in [0.5, 0.6) is 0 Å². The van der Waals surface area contributed by atoms with Crippen LogP contribution in [0.2, 0.25) is 0 Å². The predicted molar refractivity (Wildman–Crippen MR) is 227 cm³/mol. The second-order valence-corrected chi connectivity index (χ2v) is 18.2. The molecule has 0 aromatic carbocycles. The summed E-state index contributed by atoms with van der Waals surface area (Å²) in [6.07, 6.45) is 39.4. The molecule has 0 aromatic rings. The van der Waals surface area contributed by atoms with Crippen molar-refractivity contribution in [1.82, 2.24) is 0 Å². The van der Waals surface area contributed by atoms with Gasteiger partial charge in [-0.3, -0.25) is 14.2 Å². The topological polar surface area (TPSA) is 111 Å². The first-order chi connectivity index (χ1) is 26.5. The number of ether oxygens (including phenoxy) is 2. The molecule has 326 valence electrons. The standard InChI is InChI=1S/C45H88NO8P/c1-6-8-10-12-14-16-18-20-22-23-24-26-27-29-31-33-35-37-44(47)51-41-43(42-53-55(49,50)52-40-39-46(3,4)5)54-45(48)38-36-34-32-30-28-25-21-19-17-15-13-11-9-7-2/h16,18,43H,6-15,17,19-42H2,1-5H3/b18-16+/t43-/m1/s1. The van der Waals surface area contributed by atoms with Gasteiger partial charge in [-0.25, -0.2) is 0 Å². The van der Waals surface area contributed by atoms with E-state index in [4.69, 9.17) is 18.5 Å². The number of quaternary nitrogens is 1. The number of hydrogen-bond donors (Lipinski definition) is 0. The first kappa shape index (κ1) is 53.8. The van der Waals surface area contributed by atoms with Gasteiger partial charge in [0.1, 0.15) is 19.8 Å². The zero-order valence-corrected chi connectivity index (χ0v) is 37.5. The van der Waals surface area contributed by atoms with E-state index in [0.717, 1.165) is 32.1 Å². The quantitative estimate of drug-likeness (QED) is 0.0197. The number of rotatable bonds is 42. The average Bonchev–Trinajstić information content (AvgIpc) is 3.13. The number of unbranched alkanes of at least 4 members (excludes halogenated alkanes) is 26. The van der Waals surface area contributed by atoms with Crippen molar-refractivity contribution in [2.45, 2.75) is 219 Å². The fourth-order valence-electron chi connectivity index (χ4n) is 6.41. The molecule has 2 atom stereocenters. The molecular formula is C45H88NO8P. The second-order valence-electron chi connectivity index (χ2n) is 16.8. The number of phosphoric ester groups is 1. The molecule has 0 aliphatic rings. The largest absolute Gasteiger partial charge is 0.756 e. The molecule has 0 fully saturated rings. The average molecular weight is 802 g/mol. The SMILES string of the molecule is CCCCCC/C=C/CCCCCCCCCCCC(=O)OC[C@H](COP(=O)([O-])OCC[N+](C)(C)C)OC(=O)CCCCCCCCCCCCCCCC. The maximum absolute atomic E-state index is 12.7. The van der Waals surface area contributed by atoms with Crippen molar-refractivity contribution in [3.8, 4) is 0 Å². The molecule has 55 heavy (non-hydrogen) atoms. The Bertz CT molecular complexity index is 954. The van der Waals surface area contributed by atoms with Gasteiger partial charge >= 0.3 is 11.9 Å². The van der Waals surface area contributed by atoms with E-state index >= 15 is 0 Å². The van der Waals surface area contributed by atoms with Gasteiger partial charge in [-0.2, -0.15) is 0 Å². The highest BCUT2D eigenvalue weighted by molar-refractivity contribution is 7.45. The van der Waals surface area contributed by atoms with Crippen LogP contribution in [0.15, 0.2) is 12.2 Å². The normalized spacial score (nSPS) is 13.6. The first-order valence-electron chi connectivity index (χ1n) is 22.9. The highest BCUT2D eigenvalue weighted by Crippen LogP contribution is 2.38. The van der Waals surface area contributed by atoms with Crippen LogP contribution in [0.25, 0.3) is 0 Å². The van der Waals surface area contributed by atoms with Crippen LogP contribution in [0.4, 0.5) is 0 Å². The van der Waals surface area contributed by atoms with Gasteiger partial charge in [0, 0.05) is 12.8 Å². The van der Waals surface area contributed by atoms with Gasteiger partial charge in [-0.1, -0.05) is 174 Å². The van der Waals surface area contributed by atoms with E-state index in [-0.39, 0.29) is 32.0 Å². The van der Waals surface area contributed by atoms with Crippen LogP contribution in [0.1, 0.15) is 213 Å². The number of carbonyl (C=O) groups is 2. The van der Waals surface area contributed by atoms with E-state index in [1.54, 1.807) is 0 Å². The molecule has 9 nitrogen and oxygen atoms in total. The third kappa shape index (κ3) is 42.2. The zero-order valence-electron chi connectivity index (χ0n) is 36.6. The molecule has 0 amide bonds. The van der Waals surface area contributed by atoms with Gasteiger partial charge in [0.2, 0.25) is 0 Å². The zero-order chi connectivity index (χ0) is 40.7. The summed E-state index contributed by atoms with van der Waals surface area (Å²) in [5, 5.41) is 0. The molecule has 0 N–H and O–H groups in total. The Labute approximate surface area is 339 Å². The van der Waals surface area contributed by atoms with E-state index in [9.17, 15) is 19.0 Å². The summed E-state index contributed by atoms with van der Waals surface area (Å²) >= 11 is 0. The van der Waals surface area contributed by atoms with Crippen LogP contribution < -0.4 is 4.89 Å². The Morgan fingerprint density at radius 3 is 1.36 bits per heavy atom. The van der Waals surface area contributed by atoms with E-state index < -0.39 is 26.5 Å². The van der Waals surface area contributed by atoms with Crippen LogP contribution in [-0.2, 0) is 32.7 Å². The minimum Gasteiger partial charge on any atom is -0.756 e. The number of likely N-dealkylation sites (N-methyl/N-ethyl adjacent to an activating group) is 1.